The van der Waals surface area contributed by atoms with Crippen molar-refractivity contribution in [3.63, 3.8) is 0 Å². The summed E-state index contributed by atoms with van der Waals surface area (Å²) in [5.41, 5.74) is 3.64. The van der Waals surface area contributed by atoms with E-state index < -0.39 is 0 Å². The van der Waals surface area contributed by atoms with Crippen molar-refractivity contribution in [1.29, 1.82) is 0 Å². The Labute approximate surface area is 181 Å². The standard InChI is InChI=1S/C23H18N4OS2/c1-15-12-19-21(30-15)24-23(29)26(22(19)28)13-17-14-27(18-10-6-3-7-11-18)25-20(17)16-8-4-2-5-9-16/h2-12,14H,13H2,1H3,(H,24,29). The molecule has 0 atom stereocenters. The second kappa shape index (κ2) is 7.51. The third-order valence-corrected chi connectivity index (χ3v) is 6.27. The first kappa shape index (κ1) is 18.7. The number of hydrogen-bond acceptors (Lipinski definition) is 4. The zero-order valence-electron chi connectivity index (χ0n) is 16.2. The van der Waals surface area contributed by atoms with Gasteiger partial charge in [0, 0.05) is 22.2 Å². The normalized spacial score (nSPS) is 11.2. The van der Waals surface area contributed by atoms with Crippen molar-refractivity contribution in [1.82, 2.24) is 19.3 Å². The summed E-state index contributed by atoms with van der Waals surface area (Å²) in [5, 5.41) is 5.50. The summed E-state index contributed by atoms with van der Waals surface area (Å²) in [6, 6.07) is 21.8. The topological polar surface area (TPSA) is 55.6 Å². The highest BCUT2D eigenvalue weighted by atomic mass is 32.1. The first-order chi connectivity index (χ1) is 14.6. The Morgan fingerprint density at radius 1 is 1.07 bits per heavy atom. The van der Waals surface area contributed by atoms with E-state index in [2.05, 4.69) is 4.98 Å². The molecule has 0 spiro atoms. The van der Waals surface area contributed by atoms with Gasteiger partial charge >= 0.3 is 0 Å². The van der Waals surface area contributed by atoms with Gasteiger partial charge in [-0.3, -0.25) is 9.36 Å². The number of aromatic amines is 1. The maximum Gasteiger partial charge on any atom is 0.263 e. The fraction of sp³-hybridized carbons (Fsp3) is 0.0870. The van der Waals surface area contributed by atoms with Gasteiger partial charge in [0.25, 0.3) is 5.56 Å². The number of rotatable bonds is 4. The third kappa shape index (κ3) is 3.32. The number of hydrogen-bond donors (Lipinski definition) is 1. The quantitative estimate of drug-likeness (QED) is 0.392. The molecule has 0 aliphatic rings. The summed E-state index contributed by atoms with van der Waals surface area (Å²) in [6.45, 7) is 2.33. The van der Waals surface area contributed by atoms with E-state index in [1.807, 2.05) is 84.5 Å². The van der Waals surface area contributed by atoms with Gasteiger partial charge in [-0.15, -0.1) is 11.3 Å². The average Bonchev–Trinajstić information content (AvgIpc) is 3.36. The van der Waals surface area contributed by atoms with Gasteiger partial charge in [-0.1, -0.05) is 48.5 Å². The lowest BCUT2D eigenvalue weighted by atomic mass is 10.1. The molecule has 2 aromatic carbocycles. The summed E-state index contributed by atoms with van der Waals surface area (Å²) in [5.74, 6) is 0. The molecule has 0 saturated carbocycles. The van der Waals surface area contributed by atoms with Gasteiger partial charge < -0.3 is 4.98 Å². The lowest BCUT2D eigenvalue weighted by Crippen LogP contribution is -2.22. The molecule has 0 radical (unpaired) electrons. The van der Waals surface area contributed by atoms with Gasteiger partial charge in [-0.2, -0.15) is 5.10 Å². The van der Waals surface area contributed by atoms with Gasteiger partial charge in [-0.05, 0) is 37.3 Å². The van der Waals surface area contributed by atoms with Crippen LogP contribution in [0.2, 0.25) is 0 Å². The SMILES string of the molecule is Cc1cc2c(=O)n(Cc3cn(-c4ccccc4)nc3-c3ccccc3)c(=S)[nH]c2s1. The summed E-state index contributed by atoms with van der Waals surface area (Å²) < 4.78 is 3.88. The summed E-state index contributed by atoms with van der Waals surface area (Å²) in [4.78, 5) is 18.3. The first-order valence-electron chi connectivity index (χ1n) is 9.53. The molecule has 3 heterocycles. The van der Waals surface area contributed by atoms with E-state index in [0.717, 1.165) is 32.2 Å². The zero-order chi connectivity index (χ0) is 20.7. The number of aryl methyl sites for hydroxylation is 1. The summed E-state index contributed by atoms with van der Waals surface area (Å²) >= 11 is 7.07. The van der Waals surface area contributed by atoms with Crippen LogP contribution in [0.15, 0.2) is 77.7 Å². The minimum atomic E-state index is -0.0791. The third-order valence-electron chi connectivity index (χ3n) is 4.98. The van der Waals surface area contributed by atoms with Crippen molar-refractivity contribution in [2.24, 2.45) is 0 Å². The fourth-order valence-electron chi connectivity index (χ4n) is 3.56. The highest BCUT2D eigenvalue weighted by Gasteiger charge is 2.15. The lowest BCUT2D eigenvalue weighted by molar-refractivity contribution is 0.736. The van der Waals surface area contributed by atoms with Crippen molar-refractivity contribution >= 4 is 33.8 Å². The minimum absolute atomic E-state index is 0.0791. The van der Waals surface area contributed by atoms with Crippen molar-refractivity contribution in [2.75, 3.05) is 0 Å². The zero-order valence-corrected chi connectivity index (χ0v) is 17.8. The fourth-order valence-corrected chi connectivity index (χ4v) is 4.78. The van der Waals surface area contributed by atoms with E-state index in [0.29, 0.717) is 16.7 Å². The van der Waals surface area contributed by atoms with E-state index in [1.165, 1.54) is 0 Å². The Kier molecular flexibility index (Phi) is 4.69. The smallest absolute Gasteiger partial charge is 0.263 e. The summed E-state index contributed by atoms with van der Waals surface area (Å²) in [6.07, 6.45) is 1.97. The van der Waals surface area contributed by atoms with Crippen LogP contribution >= 0.6 is 23.6 Å². The van der Waals surface area contributed by atoms with Gasteiger partial charge in [0.05, 0.1) is 23.3 Å². The van der Waals surface area contributed by atoms with Crippen molar-refractivity contribution in [2.45, 2.75) is 13.5 Å². The molecular weight excluding hydrogens is 412 g/mol. The number of benzene rings is 2. The van der Waals surface area contributed by atoms with E-state index in [4.69, 9.17) is 17.3 Å². The lowest BCUT2D eigenvalue weighted by Gasteiger charge is -2.07. The van der Waals surface area contributed by atoms with E-state index in [1.54, 1.807) is 15.9 Å². The maximum absolute atomic E-state index is 13.1. The van der Waals surface area contributed by atoms with Crippen LogP contribution in [-0.2, 0) is 6.54 Å². The van der Waals surface area contributed by atoms with Crippen LogP contribution in [0.1, 0.15) is 10.4 Å². The molecule has 30 heavy (non-hydrogen) atoms. The second-order valence-electron chi connectivity index (χ2n) is 7.07. The molecule has 5 aromatic rings. The molecule has 1 N–H and O–H groups in total. The van der Waals surface area contributed by atoms with Crippen LogP contribution in [0, 0.1) is 11.7 Å². The van der Waals surface area contributed by atoms with Crippen LogP contribution in [0.4, 0.5) is 0 Å². The molecule has 0 saturated heterocycles. The van der Waals surface area contributed by atoms with Crippen LogP contribution in [0.25, 0.3) is 27.2 Å². The molecule has 0 amide bonds. The Bertz CT molecular complexity index is 1460. The molecule has 5 rings (SSSR count). The molecular formula is C23H18N4OS2. The Morgan fingerprint density at radius 2 is 1.77 bits per heavy atom. The van der Waals surface area contributed by atoms with Crippen molar-refractivity contribution in [3.8, 4) is 16.9 Å². The number of H-pyrrole nitrogens is 1. The van der Waals surface area contributed by atoms with Crippen molar-refractivity contribution < 1.29 is 0 Å². The van der Waals surface area contributed by atoms with Crippen LogP contribution in [0.3, 0.4) is 0 Å². The molecule has 0 fully saturated rings. The second-order valence-corrected chi connectivity index (χ2v) is 8.71. The predicted molar refractivity (Wildman–Crippen MR) is 124 cm³/mol. The highest BCUT2D eigenvalue weighted by molar-refractivity contribution is 7.71. The average molecular weight is 431 g/mol. The van der Waals surface area contributed by atoms with Gasteiger partial charge in [0.1, 0.15) is 4.83 Å². The van der Waals surface area contributed by atoms with Crippen molar-refractivity contribution in [3.05, 3.63) is 98.5 Å². The molecule has 0 aliphatic carbocycles. The molecule has 5 nitrogen and oxygen atoms in total. The summed E-state index contributed by atoms with van der Waals surface area (Å²) in [7, 11) is 0. The number of para-hydroxylation sites is 1. The number of nitrogens with one attached hydrogen (secondary N) is 1. The molecule has 0 aliphatic heterocycles. The largest absolute Gasteiger partial charge is 0.323 e. The Morgan fingerprint density at radius 3 is 2.50 bits per heavy atom. The Balaban J connectivity index is 1.67. The first-order valence-corrected chi connectivity index (χ1v) is 10.8. The van der Waals surface area contributed by atoms with E-state index >= 15 is 0 Å². The monoisotopic (exact) mass is 430 g/mol. The molecule has 7 heteroatoms. The number of nitrogens with zero attached hydrogens (tertiary/aromatic N) is 3. The Hall–Kier alpha value is -3.29. The number of fused-ring (bicyclic) bond motifs is 1. The predicted octanol–water partition coefficient (Wildman–Crippen LogP) is 5.33. The minimum Gasteiger partial charge on any atom is -0.323 e. The van der Waals surface area contributed by atoms with Gasteiger partial charge in [0.2, 0.25) is 0 Å². The van der Waals surface area contributed by atoms with Crippen LogP contribution in [-0.4, -0.2) is 19.3 Å². The molecule has 3 aromatic heterocycles. The highest BCUT2D eigenvalue weighted by Crippen LogP contribution is 2.25. The van der Waals surface area contributed by atoms with Gasteiger partial charge in [-0.25, -0.2) is 4.68 Å². The number of thiophene rings is 1. The number of aromatic nitrogens is 4. The maximum atomic E-state index is 13.1. The van der Waals surface area contributed by atoms with Crippen LogP contribution < -0.4 is 5.56 Å². The molecule has 0 unspecified atom stereocenters. The molecule has 148 valence electrons. The van der Waals surface area contributed by atoms with Gasteiger partial charge in [0.15, 0.2) is 4.77 Å². The molecule has 0 bridgehead atoms. The van der Waals surface area contributed by atoms with Crippen LogP contribution in [0.5, 0.6) is 0 Å². The van der Waals surface area contributed by atoms with E-state index in [9.17, 15) is 4.79 Å². The van der Waals surface area contributed by atoms with E-state index in [-0.39, 0.29) is 5.56 Å².